The van der Waals surface area contributed by atoms with Gasteiger partial charge in [0.15, 0.2) is 0 Å². The second kappa shape index (κ2) is 6.24. The van der Waals surface area contributed by atoms with Crippen LogP contribution in [0.25, 0.3) is 0 Å². The predicted molar refractivity (Wildman–Crippen MR) is 80.3 cm³/mol. The summed E-state index contributed by atoms with van der Waals surface area (Å²) in [6, 6.07) is 8.35. The average molecular weight is 297 g/mol. The number of benzene rings is 1. The van der Waals surface area contributed by atoms with Gasteiger partial charge < -0.3 is 4.90 Å². The molecule has 0 aliphatic carbocycles. The molecular weight excluding hydrogens is 274 g/mol. The van der Waals surface area contributed by atoms with Gasteiger partial charge in [0.05, 0.1) is 12.9 Å². The van der Waals surface area contributed by atoms with Gasteiger partial charge in [-0.25, -0.2) is 0 Å². The van der Waals surface area contributed by atoms with E-state index in [-0.39, 0.29) is 12.5 Å². The number of hydrogen-bond acceptors (Lipinski definition) is 4. The fourth-order valence-electron chi connectivity index (χ4n) is 3.01. The Bertz CT molecular complexity index is 556. The van der Waals surface area contributed by atoms with Gasteiger partial charge in [0.2, 0.25) is 0 Å². The molecule has 1 fully saturated rings. The van der Waals surface area contributed by atoms with Gasteiger partial charge in [-0.05, 0) is 44.0 Å². The molecular formula is C15H23NO3S. The highest BCUT2D eigenvalue weighted by Crippen LogP contribution is 2.34. The molecule has 112 valence electrons. The second-order valence-electron chi connectivity index (χ2n) is 5.76. The van der Waals surface area contributed by atoms with Crippen LogP contribution in [0.4, 0.5) is 0 Å². The molecule has 0 N–H and O–H groups in total. The van der Waals surface area contributed by atoms with Gasteiger partial charge in [-0.1, -0.05) is 24.3 Å². The van der Waals surface area contributed by atoms with Gasteiger partial charge in [-0.2, -0.15) is 8.42 Å². The fourth-order valence-corrected chi connectivity index (χ4v) is 3.43. The Morgan fingerprint density at radius 2 is 2.05 bits per heavy atom. The first kappa shape index (κ1) is 15.5. The van der Waals surface area contributed by atoms with Crippen LogP contribution in [0.3, 0.4) is 0 Å². The van der Waals surface area contributed by atoms with Crippen molar-refractivity contribution in [3.63, 3.8) is 0 Å². The Labute approximate surface area is 121 Å². The summed E-state index contributed by atoms with van der Waals surface area (Å²) in [5.74, 6) is 0.582. The maximum atomic E-state index is 11.2. The van der Waals surface area contributed by atoms with Crippen LogP contribution < -0.4 is 0 Å². The van der Waals surface area contributed by atoms with Crippen molar-refractivity contribution in [2.75, 3.05) is 33.0 Å². The van der Waals surface area contributed by atoms with Gasteiger partial charge in [-0.3, -0.25) is 4.18 Å². The molecule has 0 bridgehead atoms. The minimum Gasteiger partial charge on any atom is -0.306 e. The molecule has 1 aliphatic rings. The van der Waals surface area contributed by atoms with Gasteiger partial charge >= 0.3 is 0 Å². The maximum Gasteiger partial charge on any atom is 0.264 e. The van der Waals surface area contributed by atoms with E-state index < -0.39 is 10.1 Å². The van der Waals surface area contributed by atoms with Crippen LogP contribution in [0.15, 0.2) is 24.3 Å². The molecule has 0 radical (unpaired) electrons. The molecule has 2 atom stereocenters. The normalized spacial score (nSPS) is 24.8. The minimum atomic E-state index is -3.38. The molecule has 0 aromatic heterocycles. The van der Waals surface area contributed by atoms with Crippen LogP contribution in [0.5, 0.6) is 0 Å². The molecule has 1 aliphatic heterocycles. The van der Waals surface area contributed by atoms with Gasteiger partial charge in [0.25, 0.3) is 10.1 Å². The Hall–Kier alpha value is -0.910. The van der Waals surface area contributed by atoms with Crippen LogP contribution in [0.2, 0.25) is 0 Å². The molecule has 4 nitrogen and oxygen atoms in total. The van der Waals surface area contributed by atoms with Gasteiger partial charge in [0, 0.05) is 12.5 Å². The van der Waals surface area contributed by atoms with E-state index in [0.29, 0.717) is 5.92 Å². The zero-order chi connectivity index (χ0) is 14.8. The van der Waals surface area contributed by atoms with E-state index in [1.165, 1.54) is 11.1 Å². The summed E-state index contributed by atoms with van der Waals surface area (Å²) in [6.07, 6.45) is 2.15. The molecule has 1 heterocycles. The summed E-state index contributed by atoms with van der Waals surface area (Å²) in [5, 5.41) is 0. The lowest BCUT2D eigenvalue weighted by Crippen LogP contribution is -2.39. The highest BCUT2D eigenvalue weighted by atomic mass is 32.2. The lowest BCUT2D eigenvalue weighted by Gasteiger charge is -2.37. The number of rotatable bonds is 4. The summed E-state index contributed by atoms with van der Waals surface area (Å²) in [4.78, 5) is 2.24. The molecule has 0 spiro atoms. The van der Waals surface area contributed by atoms with E-state index in [1.807, 2.05) is 6.07 Å². The number of nitrogens with zero attached hydrogens (tertiary/aromatic N) is 1. The molecule has 20 heavy (non-hydrogen) atoms. The highest BCUT2D eigenvalue weighted by Gasteiger charge is 2.30. The van der Waals surface area contributed by atoms with Crippen LogP contribution in [0, 0.1) is 12.8 Å². The molecule has 2 rings (SSSR count). The van der Waals surface area contributed by atoms with Crippen LogP contribution >= 0.6 is 0 Å². The topological polar surface area (TPSA) is 46.6 Å². The summed E-state index contributed by atoms with van der Waals surface area (Å²) < 4.78 is 27.5. The van der Waals surface area contributed by atoms with Crippen molar-refractivity contribution >= 4 is 10.1 Å². The third-order valence-corrected chi connectivity index (χ3v) is 4.59. The lowest BCUT2D eigenvalue weighted by atomic mass is 9.79. The summed E-state index contributed by atoms with van der Waals surface area (Å²) in [6.45, 7) is 4.28. The zero-order valence-corrected chi connectivity index (χ0v) is 13.2. The summed E-state index contributed by atoms with van der Waals surface area (Å²) in [7, 11) is -1.30. The molecule has 1 aromatic carbocycles. The largest absolute Gasteiger partial charge is 0.306 e. The standard InChI is InChI=1S/C15H23NO3S/c1-12-6-4-5-7-14(12)15-8-9-16(2)10-13(15)11-19-20(3,17)18/h4-7,13,15H,8-11H2,1-3H3. The monoisotopic (exact) mass is 297 g/mol. The lowest BCUT2D eigenvalue weighted by molar-refractivity contribution is 0.132. The smallest absolute Gasteiger partial charge is 0.264 e. The Balaban J connectivity index is 2.18. The highest BCUT2D eigenvalue weighted by molar-refractivity contribution is 7.85. The minimum absolute atomic E-state index is 0.213. The van der Waals surface area contributed by atoms with Crippen molar-refractivity contribution in [2.45, 2.75) is 19.3 Å². The van der Waals surface area contributed by atoms with Gasteiger partial charge in [-0.15, -0.1) is 0 Å². The van der Waals surface area contributed by atoms with E-state index in [2.05, 4.69) is 37.1 Å². The van der Waals surface area contributed by atoms with E-state index >= 15 is 0 Å². The number of likely N-dealkylation sites (tertiary alicyclic amines) is 1. The first-order valence-corrected chi connectivity index (χ1v) is 8.77. The Kier molecular flexibility index (Phi) is 4.83. The van der Waals surface area contributed by atoms with Crippen molar-refractivity contribution in [1.82, 2.24) is 4.90 Å². The Morgan fingerprint density at radius 1 is 1.35 bits per heavy atom. The zero-order valence-electron chi connectivity index (χ0n) is 12.4. The molecule has 1 aromatic rings. The third kappa shape index (κ3) is 4.04. The fraction of sp³-hybridized carbons (Fsp3) is 0.600. The number of aryl methyl sites for hydroxylation is 1. The molecule has 5 heteroatoms. The van der Waals surface area contributed by atoms with E-state index in [0.717, 1.165) is 25.8 Å². The third-order valence-electron chi connectivity index (χ3n) is 4.02. The first-order chi connectivity index (χ1) is 9.37. The summed E-state index contributed by atoms with van der Waals surface area (Å²) in [5.41, 5.74) is 2.59. The number of piperidine rings is 1. The van der Waals surface area contributed by atoms with Crippen molar-refractivity contribution in [3.8, 4) is 0 Å². The quantitative estimate of drug-likeness (QED) is 0.798. The van der Waals surface area contributed by atoms with Crippen LogP contribution in [-0.4, -0.2) is 46.3 Å². The van der Waals surface area contributed by atoms with Gasteiger partial charge in [0.1, 0.15) is 0 Å². The summed E-state index contributed by atoms with van der Waals surface area (Å²) >= 11 is 0. The molecule has 1 saturated heterocycles. The molecule has 2 unspecified atom stereocenters. The first-order valence-electron chi connectivity index (χ1n) is 6.95. The molecule has 0 amide bonds. The van der Waals surface area contributed by atoms with E-state index in [9.17, 15) is 8.42 Å². The average Bonchev–Trinajstić information content (AvgIpc) is 2.37. The van der Waals surface area contributed by atoms with Crippen molar-refractivity contribution < 1.29 is 12.6 Å². The van der Waals surface area contributed by atoms with E-state index in [4.69, 9.17) is 4.18 Å². The van der Waals surface area contributed by atoms with Crippen LogP contribution in [0.1, 0.15) is 23.5 Å². The van der Waals surface area contributed by atoms with Crippen molar-refractivity contribution in [3.05, 3.63) is 35.4 Å². The molecule has 0 saturated carbocycles. The SMILES string of the molecule is Cc1ccccc1C1CCN(C)CC1COS(C)(=O)=O. The number of hydrogen-bond donors (Lipinski definition) is 0. The van der Waals surface area contributed by atoms with Crippen molar-refractivity contribution in [2.24, 2.45) is 5.92 Å². The Morgan fingerprint density at radius 3 is 2.70 bits per heavy atom. The second-order valence-corrected chi connectivity index (χ2v) is 7.41. The van der Waals surface area contributed by atoms with Crippen molar-refractivity contribution in [1.29, 1.82) is 0 Å². The predicted octanol–water partition coefficient (Wildman–Crippen LogP) is 2.01. The van der Waals surface area contributed by atoms with E-state index in [1.54, 1.807) is 0 Å². The maximum absolute atomic E-state index is 11.2. The van der Waals surface area contributed by atoms with Crippen LogP contribution in [-0.2, 0) is 14.3 Å².